The number of pyridine rings is 1. The summed E-state index contributed by atoms with van der Waals surface area (Å²) in [7, 11) is 0. The number of hydrogen-bond donors (Lipinski definition) is 2. The number of fused-ring (bicyclic) bond motifs is 2. The van der Waals surface area contributed by atoms with Gasteiger partial charge < -0.3 is 15.2 Å². The second-order valence-electron chi connectivity index (χ2n) is 8.09. The fourth-order valence-corrected chi connectivity index (χ4v) is 4.23. The van der Waals surface area contributed by atoms with Crippen LogP contribution in [-0.4, -0.2) is 28.9 Å². The molecule has 0 atom stereocenters. The summed E-state index contributed by atoms with van der Waals surface area (Å²) in [4.78, 5) is 29.2. The first-order chi connectivity index (χ1) is 13.8. The zero-order valence-corrected chi connectivity index (χ0v) is 16.8. The summed E-state index contributed by atoms with van der Waals surface area (Å²) in [5.41, 5.74) is 3.08. The van der Waals surface area contributed by atoms with E-state index in [9.17, 15) is 14.0 Å². The van der Waals surface area contributed by atoms with Crippen LogP contribution in [0.5, 0.6) is 0 Å². The maximum atomic E-state index is 14.4. The summed E-state index contributed by atoms with van der Waals surface area (Å²) in [5.74, 6) is -0.646. The van der Waals surface area contributed by atoms with E-state index in [0.717, 1.165) is 12.0 Å². The summed E-state index contributed by atoms with van der Waals surface area (Å²) in [6.45, 7) is 6.76. The van der Waals surface area contributed by atoms with Crippen molar-refractivity contribution in [3.63, 3.8) is 0 Å². The molecule has 1 aliphatic rings. The third kappa shape index (κ3) is 3.39. The maximum Gasteiger partial charge on any atom is 0.255 e. The van der Waals surface area contributed by atoms with Gasteiger partial charge in [-0.2, -0.15) is 0 Å². The standard InChI is InChI=1S/C23H24FN3O2/c1-14-4-5-18-16(10-14)7-9-27(23(18,2)3)21(28)13-26-20-11-15-6-8-25-22(29)17(15)12-19(20)24/h4-6,8,10-12,26H,7,9,13H2,1-3H3,(H,25,29). The van der Waals surface area contributed by atoms with Crippen LogP contribution in [0.1, 0.15) is 30.5 Å². The molecule has 0 radical (unpaired) electrons. The number of hydrogen-bond acceptors (Lipinski definition) is 3. The third-order valence-corrected chi connectivity index (χ3v) is 5.79. The highest BCUT2D eigenvalue weighted by atomic mass is 19.1. The minimum atomic E-state index is -0.555. The lowest BCUT2D eigenvalue weighted by Crippen LogP contribution is -2.51. The number of nitrogens with zero attached hydrogens (tertiary/aromatic N) is 1. The van der Waals surface area contributed by atoms with E-state index < -0.39 is 11.4 Å². The summed E-state index contributed by atoms with van der Waals surface area (Å²) < 4.78 is 14.4. The van der Waals surface area contributed by atoms with Crippen molar-refractivity contribution in [2.75, 3.05) is 18.4 Å². The van der Waals surface area contributed by atoms with Gasteiger partial charge in [0, 0.05) is 12.7 Å². The molecular weight excluding hydrogens is 369 g/mol. The van der Waals surface area contributed by atoms with E-state index in [2.05, 4.69) is 35.4 Å². The Bertz CT molecular complexity index is 1170. The van der Waals surface area contributed by atoms with E-state index in [0.29, 0.717) is 11.9 Å². The van der Waals surface area contributed by atoms with Crippen molar-refractivity contribution < 1.29 is 9.18 Å². The van der Waals surface area contributed by atoms with Gasteiger partial charge in [-0.1, -0.05) is 23.8 Å². The Morgan fingerprint density at radius 1 is 1.24 bits per heavy atom. The van der Waals surface area contributed by atoms with E-state index in [1.807, 2.05) is 18.7 Å². The Kier molecular flexibility index (Phi) is 4.65. The van der Waals surface area contributed by atoms with Gasteiger partial charge in [0.1, 0.15) is 5.82 Å². The number of carbonyl (C=O) groups is 1. The van der Waals surface area contributed by atoms with Gasteiger partial charge in [-0.25, -0.2) is 4.39 Å². The number of amides is 1. The van der Waals surface area contributed by atoms with Crippen molar-refractivity contribution in [1.82, 2.24) is 9.88 Å². The lowest BCUT2D eigenvalue weighted by molar-refractivity contribution is -0.135. The monoisotopic (exact) mass is 393 g/mol. The molecule has 0 saturated heterocycles. The zero-order valence-electron chi connectivity index (χ0n) is 16.8. The molecule has 1 amide bonds. The number of H-pyrrole nitrogens is 1. The van der Waals surface area contributed by atoms with Crippen LogP contribution in [0.15, 0.2) is 47.4 Å². The van der Waals surface area contributed by atoms with Gasteiger partial charge in [0.15, 0.2) is 0 Å². The molecule has 2 aromatic carbocycles. The van der Waals surface area contributed by atoms with Crippen molar-refractivity contribution in [3.05, 3.63) is 75.5 Å². The molecule has 6 heteroatoms. The molecule has 2 heterocycles. The number of nitrogens with one attached hydrogen (secondary N) is 2. The van der Waals surface area contributed by atoms with Crippen LogP contribution >= 0.6 is 0 Å². The average Bonchev–Trinajstić information content (AvgIpc) is 2.66. The summed E-state index contributed by atoms with van der Waals surface area (Å²) in [6, 6.07) is 10.8. The van der Waals surface area contributed by atoms with Crippen LogP contribution in [0, 0.1) is 12.7 Å². The van der Waals surface area contributed by atoms with Crippen molar-refractivity contribution in [3.8, 4) is 0 Å². The Morgan fingerprint density at radius 3 is 2.83 bits per heavy atom. The van der Waals surface area contributed by atoms with Crippen LogP contribution in [-0.2, 0) is 16.8 Å². The molecule has 150 valence electrons. The molecule has 0 unspecified atom stereocenters. The molecule has 29 heavy (non-hydrogen) atoms. The molecule has 0 spiro atoms. The molecular formula is C23H24FN3O2. The number of rotatable bonds is 3. The van der Waals surface area contributed by atoms with Crippen LogP contribution in [0.25, 0.3) is 10.8 Å². The predicted molar refractivity (Wildman–Crippen MR) is 113 cm³/mol. The van der Waals surface area contributed by atoms with E-state index in [4.69, 9.17) is 0 Å². The zero-order chi connectivity index (χ0) is 20.8. The summed E-state index contributed by atoms with van der Waals surface area (Å²) in [5, 5.41) is 3.82. The topological polar surface area (TPSA) is 65.2 Å². The Hall–Kier alpha value is -3.15. The van der Waals surface area contributed by atoms with E-state index in [-0.39, 0.29) is 29.1 Å². The molecule has 0 fully saturated rings. The summed E-state index contributed by atoms with van der Waals surface area (Å²) in [6.07, 6.45) is 2.33. The Morgan fingerprint density at radius 2 is 2.03 bits per heavy atom. The molecule has 3 aromatic rings. The minimum absolute atomic E-state index is 0.0176. The number of halogens is 1. The number of benzene rings is 2. The molecule has 1 aromatic heterocycles. The molecule has 0 saturated carbocycles. The quantitative estimate of drug-likeness (QED) is 0.713. The smallest absolute Gasteiger partial charge is 0.255 e. The van der Waals surface area contributed by atoms with Crippen molar-refractivity contribution in [2.45, 2.75) is 32.7 Å². The maximum absolute atomic E-state index is 14.4. The van der Waals surface area contributed by atoms with Crippen LogP contribution in [0.4, 0.5) is 10.1 Å². The predicted octanol–water partition coefficient (Wildman–Crippen LogP) is 3.71. The van der Waals surface area contributed by atoms with Gasteiger partial charge in [-0.3, -0.25) is 9.59 Å². The second-order valence-corrected chi connectivity index (χ2v) is 8.09. The third-order valence-electron chi connectivity index (χ3n) is 5.79. The highest BCUT2D eigenvalue weighted by Gasteiger charge is 2.37. The average molecular weight is 393 g/mol. The Balaban J connectivity index is 1.54. The van der Waals surface area contributed by atoms with Crippen molar-refractivity contribution >= 4 is 22.4 Å². The number of anilines is 1. The minimum Gasteiger partial charge on any atom is -0.374 e. The van der Waals surface area contributed by atoms with Crippen LogP contribution < -0.4 is 10.9 Å². The van der Waals surface area contributed by atoms with Gasteiger partial charge in [-0.05, 0) is 61.9 Å². The first-order valence-corrected chi connectivity index (χ1v) is 9.72. The molecule has 2 N–H and O–H groups in total. The van der Waals surface area contributed by atoms with Crippen LogP contribution in [0.2, 0.25) is 0 Å². The lowest BCUT2D eigenvalue weighted by Gasteiger charge is -2.44. The number of aryl methyl sites for hydroxylation is 1. The number of aromatic nitrogens is 1. The molecule has 4 rings (SSSR count). The normalized spacial score (nSPS) is 15.2. The molecule has 1 aliphatic heterocycles. The van der Waals surface area contributed by atoms with Gasteiger partial charge in [0.05, 0.1) is 23.2 Å². The van der Waals surface area contributed by atoms with Gasteiger partial charge in [0.2, 0.25) is 5.91 Å². The van der Waals surface area contributed by atoms with E-state index in [1.165, 1.54) is 23.4 Å². The highest BCUT2D eigenvalue weighted by molar-refractivity contribution is 5.87. The lowest BCUT2D eigenvalue weighted by atomic mass is 9.82. The largest absolute Gasteiger partial charge is 0.374 e. The van der Waals surface area contributed by atoms with Gasteiger partial charge in [0.25, 0.3) is 5.56 Å². The van der Waals surface area contributed by atoms with Gasteiger partial charge in [-0.15, -0.1) is 0 Å². The highest BCUT2D eigenvalue weighted by Crippen LogP contribution is 2.35. The fourth-order valence-electron chi connectivity index (χ4n) is 4.23. The van der Waals surface area contributed by atoms with Gasteiger partial charge >= 0.3 is 0 Å². The summed E-state index contributed by atoms with van der Waals surface area (Å²) >= 11 is 0. The van der Waals surface area contributed by atoms with Crippen molar-refractivity contribution in [1.29, 1.82) is 0 Å². The van der Waals surface area contributed by atoms with Crippen LogP contribution in [0.3, 0.4) is 0 Å². The molecule has 5 nitrogen and oxygen atoms in total. The first-order valence-electron chi connectivity index (χ1n) is 9.72. The SMILES string of the molecule is Cc1ccc2c(c1)CCN(C(=O)CNc1cc3cc[nH]c(=O)c3cc1F)C2(C)C. The van der Waals surface area contributed by atoms with Crippen molar-refractivity contribution in [2.24, 2.45) is 0 Å². The molecule has 0 bridgehead atoms. The number of aromatic amines is 1. The molecule has 0 aliphatic carbocycles. The van der Waals surface area contributed by atoms with E-state index >= 15 is 0 Å². The Labute approximate surface area is 168 Å². The number of carbonyl (C=O) groups excluding carboxylic acids is 1. The van der Waals surface area contributed by atoms with E-state index in [1.54, 1.807) is 12.1 Å². The fraction of sp³-hybridized carbons (Fsp3) is 0.304. The first kappa shape index (κ1) is 19.2. The second kappa shape index (κ2) is 7.03.